The Morgan fingerprint density at radius 2 is 1.51 bits per heavy atom. The maximum Gasteiger partial charge on any atom is 0.421 e. The Labute approximate surface area is 201 Å². The fourth-order valence-electron chi connectivity index (χ4n) is 3.83. The minimum absolute atomic E-state index is 0.0212. The lowest BCUT2D eigenvalue weighted by Gasteiger charge is -2.37. The third kappa shape index (κ3) is 5.58. The number of benzene rings is 2. The zero-order valence-corrected chi connectivity index (χ0v) is 20.1. The molecule has 1 N–H and O–H groups in total. The van der Waals surface area contributed by atoms with Crippen LogP contribution >= 0.6 is 7.60 Å². The molecular weight excluding hydrogens is 482 g/mol. The second kappa shape index (κ2) is 10.2. The lowest BCUT2D eigenvalue weighted by Crippen LogP contribution is -2.47. The summed E-state index contributed by atoms with van der Waals surface area (Å²) in [5.41, 5.74) is 0.656. The first-order chi connectivity index (χ1) is 16.7. The molecule has 1 saturated heterocycles. The van der Waals surface area contributed by atoms with Crippen LogP contribution in [0.4, 0.5) is 36.3 Å². The van der Waals surface area contributed by atoms with E-state index in [2.05, 4.69) is 20.2 Å². The van der Waals surface area contributed by atoms with Crippen LogP contribution in [-0.4, -0.2) is 50.4 Å². The van der Waals surface area contributed by atoms with E-state index in [4.69, 9.17) is 9.05 Å². The minimum Gasteiger partial charge on any atom is -0.368 e. The summed E-state index contributed by atoms with van der Waals surface area (Å²) in [5.74, 6) is -0.143. The highest BCUT2D eigenvalue weighted by molar-refractivity contribution is 7.62. The highest BCUT2D eigenvalue weighted by Gasteiger charge is 2.37. The zero-order valence-electron chi connectivity index (χ0n) is 19.2. The van der Waals surface area contributed by atoms with Gasteiger partial charge in [0.25, 0.3) is 0 Å². The lowest BCUT2D eigenvalue weighted by atomic mass is 10.2. The second-order valence-electron chi connectivity index (χ2n) is 7.77. The number of anilines is 4. The van der Waals surface area contributed by atoms with Gasteiger partial charge in [0.1, 0.15) is 11.4 Å². The molecule has 0 amide bonds. The standard InChI is InChI=1S/C23H25F3N5O3P/c1-33-35(32,34-2)19-10-8-17(9-11-19)28-22-27-16-20(23(24,25)26)21(29-22)31-14-12-30(13-15-31)18-6-4-3-5-7-18/h3-11,16H,12-15H2,1-2H3,(H,27,28,29). The molecule has 0 saturated carbocycles. The number of halogens is 3. The fourth-order valence-corrected chi connectivity index (χ4v) is 4.92. The van der Waals surface area contributed by atoms with E-state index >= 15 is 0 Å². The normalized spacial score (nSPS) is 14.8. The Hall–Kier alpha value is -3.14. The topological polar surface area (TPSA) is 79.8 Å². The van der Waals surface area contributed by atoms with Gasteiger partial charge in [0, 0.05) is 58.0 Å². The first-order valence-corrected chi connectivity index (χ1v) is 12.4. The highest BCUT2D eigenvalue weighted by Crippen LogP contribution is 2.45. The molecule has 3 aromatic rings. The maximum absolute atomic E-state index is 13.7. The molecule has 2 aromatic carbocycles. The van der Waals surface area contributed by atoms with Crippen LogP contribution in [0.25, 0.3) is 0 Å². The second-order valence-corrected chi connectivity index (χ2v) is 10.0. The number of hydrogen-bond donors (Lipinski definition) is 1. The van der Waals surface area contributed by atoms with Crippen LogP contribution in [-0.2, 0) is 19.8 Å². The summed E-state index contributed by atoms with van der Waals surface area (Å²) in [6.45, 7) is 1.89. The number of alkyl halides is 3. The van der Waals surface area contributed by atoms with E-state index in [1.165, 1.54) is 14.2 Å². The van der Waals surface area contributed by atoms with E-state index in [0.29, 0.717) is 37.2 Å². The molecule has 4 rings (SSSR count). The molecule has 0 atom stereocenters. The van der Waals surface area contributed by atoms with Crippen molar-refractivity contribution in [3.05, 3.63) is 66.4 Å². The number of para-hydroxylation sites is 1. The van der Waals surface area contributed by atoms with E-state index in [-0.39, 0.29) is 11.8 Å². The Morgan fingerprint density at radius 1 is 0.914 bits per heavy atom. The zero-order chi connectivity index (χ0) is 25.1. The third-order valence-electron chi connectivity index (χ3n) is 5.69. The van der Waals surface area contributed by atoms with E-state index in [9.17, 15) is 17.7 Å². The van der Waals surface area contributed by atoms with Gasteiger partial charge in [-0.05, 0) is 36.4 Å². The third-order valence-corrected chi connectivity index (χ3v) is 7.59. The summed E-state index contributed by atoms with van der Waals surface area (Å²) in [4.78, 5) is 11.9. The van der Waals surface area contributed by atoms with Gasteiger partial charge in [-0.1, -0.05) is 18.2 Å². The van der Waals surface area contributed by atoms with Gasteiger partial charge >= 0.3 is 13.8 Å². The van der Waals surface area contributed by atoms with Crippen LogP contribution in [0.2, 0.25) is 0 Å². The van der Waals surface area contributed by atoms with E-state index < -0.39 is 19.3 Å². The van der Waals surface area contributed by atoms with Gasteiger partial charge in [0.05, 0.1) is 5.30 Å². The van der Waals surface area contributed by atoms with Gasteiger partial charge in [-0.15, -0.1) is 0 Å². The molecule has 35 heavy (non-hydrogen) atoms. The average molecular weight is 507 g/mol. The van der Waals surface area contributed by atoms with Crippen molar-refractivity contribution in [2.24, 2.45) is 0 Å². The van der Waals surface area contributed by atoms with Crippen molar-refractivity contribution < 1.29 is 26.8 Å². The number of hydrogen-bond acceptors (Lipinski definition) is 8. The number of nitrogens with zero attached hydrogens (tertiary/aromatic N) is 4. The van der Waals surface area contributed by atoms with Gasteiger partial charge < -0.3 is 24.2 Å². The van der Waals surface area contributed by atoms with Gasteiger partial charge in [-0.25, -0.2) is 4.98 Å². The number of rotatable bonds is 7. The fraction of sp³-hybridized carbons (Fsp3) is 0.304. The number of nitrogens with one attached hydrogen (secondary N) is 1. The van der Waals surface area contributed by atoms with Crippen LogP contribution in [0.1, 0.15) is 5.56 Å². The Balaban J connectivity index is 1.54. The smallest absolute Gasteiger partial charge is 0.368 e. The van der Waals surface area contributed by atoms with Crippen LogP contribution in [0, 0.1) is 0 Å². The molecule has 1 fully saturated rings. The summed E-state index contributed by atoms with van der Waals surface area (Å²) in [6.07, 6.45) is -3.79. The molecule has 12 heteroatoms. The van der Waals surface area contributed by atoms with Crippen molar-refractivity contribution >= 4 is 36.0 Å². The first kappa shape index (κ1) is 25.0. The monoisotopic (exact) mass is 507 g/mol. The van der Waals surface area contributed by atoms with Crippen molar-refractivity contribution in [2.45, 2.75) is 6.18 Å². The Kier molecular flexibility index (Phi) is 7.30. The summed E-state index contributed by atoms with van der Waals surface area (Å²) >= 11 is 0. The summed E-state index contributed by atoms with van der Waals surface area (Å²) in [7, 11) is -0.839. The number of aromatic nitrogens is 2. The lowest BCUT2D eigenvalue weighted by molar-refractivity contribution is -0.137. The largest absolute Gasteiger partial charge is 0.421 e. The van der Waals surface area contributed by atoms with Crippen molar-refractivity contribution in [3.8, 4) is 0 Å². The van der Waals surface area contributed by atoms with Crippen LogP contribution in [0.5, 0.6) is 0 Å². The van der Waals surface area contributed by atoms with Gasteiger partial charge in [-0.2, -0.15) is 18.2 Å². The molecule has 186 valence electrons. The average Bonchev–Trinajstić information content (AvgIpc) is 2.88. The molecule has 1 aliphatic heterocycles. The molecule has 1 aliphatic rings. The van der Waals surface area contributed by atoms with Crippen molar-refractivity contribution in [3.63, 3.8) is 0 Å². The van der Waals surface area contributed by atoms with Crippen LogP contribution in [0.3, 0.4) is 0 Å². The Bertz CT molecular complexity index is 1180. The summed E-state index contributed by atoms with van der Waals surface area (Å²) in [5, 5.41) is 3.26. The predicted octanol–water partition coefficient (Wildman–Crippen LogP) is 4.68. The summed E-state index contributed by atoms with van der Waals surface area (Å²) in [6, 6.07) is 16.0. The highest BCUT2D eigenvalue weighted by atomic mass is 31.2. The van der Waals surface area contributed by atoms with Crippen LogP contribution < -0.4 is 20.4 Å². The molecule has 1 aromatic heterocycles. The predicted molar refractivity (Wildman–Crippen MR) is 129 cm³/mol. The maximum atomic E-state index is 13.7. The molecule has 0 bridgehead atoms. The minimum atomic E-state index is -4.59. The molecule has 8 nitrogen and oxygen atoms in total. The van der Waals surface area contributed by atoms with E-state index in [1.807, 2.05) is 30.3 Å². The van der Waals surface area contributed by atoms with Crippen LogP contribution in [0.15, 0.2) is 60.8 Å². The van der Waals surface area contributed by atoms with Gasteiger partial charge in [0.15, 0.2) is 0 Å². The van der Waals surface area contributed by atoms with Gasteiger partial charge in [0.2, 0.25) is 5.95 Å². The number of piperazine rings is 1. The van der Waals surface area contributed by atoms with E-state index in [1.54, 1.807) is 29.2 Å². The Morgan fingerprint density at radius 3 is 2.09 bits per heavy atom. The first-order valence-electron chi connectivity index (χ1n) is 10.8. The van der Waals surface area contributed by atoms with Crippen molar-refractivity contribution in [2.75, 3.05) is 55.5 Å². The van der Waals surface area contributed by atoms with Crippen molar-refractivity contribution in [1.29, 1.82) is 0 Å². The van der Waals surface area contributed by atoms with E-state index in [0.717, 1.165) is 11.9 Å². The molecule has 0 radical (unpaired) electrons. The van der Waals surface area contributed by atoms with Crippen molar-refractivity contribution in [1.82, 2.24) is 9.97 Å². The van der Waals surface area contributed by atoms with Gasteiger partial charge in [-0.3, -0.25) is 4.57 Å². The summed E-state index contributed by atoms with van der Waals surface area (Å²) < 4.78 is 63.6. The quantitative estimate of drug-likeness (QED) is 0.462. The molecule has 0 aliphatic carbocycles. The molecule has 2 heterocycles. The molecular formula is C23H25F3N5O3P. The SMILES string of the molecule is COP(=O)(OC)c1ccc(Nc2ncc(C(F)(F)F)c(N3CCN(c4ccccc4)CC3)n2)cc1. The molecule has 0 spiro atoms. The molecule has 0 unspecified atom stereocenters.